The van der Waals surface area contributed by atoms with Crippen molar-refractivity contribution in [1.29, 1.82) is 0 Å². The molecule has 8 heteroatoms. The monoisotopic (exact) mass is 429 g/mol. The fraction of sp³-hybridized carbons (Fsp3) is 0.238. The van der Waals surface area contributed by atoms with Crippen LogP contribution in [0.25, 0.3) is 5.69 Å². The molecule has 2 aromatic carbocycles. The molecule has 0 bridgehead atoms. The summed E-state index contributed by atoms with van der Waals surface area (Å²) < 4.78 is 12.7. The quantitative estimate of drug-likeness (QED) is 0.655. The van der Waals surface area contributed by atoms with Gasteiger partial charge in [-0.2, -0.15) is 5.10 Å². The fourth-order valence-corrected chi connectivity index (χ4v) is 4.77. The van der Waals surface area contributed by atoms with Crippen LogP contribution in [-0.2, 0) is 4.79 Å². The van der Waals surface area contributed by atoms with Gasteiger partial charge in [-0.1, -0.05) is 17.7 Å². The van der Waals surface area contributed by atoms with Crippen LogP contribution in [0.15, 0.2) is 42.5 Å². The molecule has 1 atom stereocenters. The Bertz CT molecular complexity index is 1070. The van der Waals surface area contributed by atoms with Crippen LogP contribution in [0.1, 0.15) is 22.1 Å². The van der Waals surface area contributed by atoms with Crippen LogP contribution in [0.4, 0.5) is 5.82 Å². The summed E-state index contributed by atoms with van der Waals surface area (Å²) in [5, 5.41) is 8.26. The maximum absolute atomic E-state index is 12.5. The lowest BCUT2D eigenvalue weighted by molar-refractivity contribution is -0.113. The van der Waals surface area contributed by atoms with Gasteiger partial charge in [-0.05, 0) is 37.3 Å². The number of methoxy groups -OCH3 is 2. The smallest absolute Gasteiger partial charge is 0.235 e. The number of nitrogens with zero attached hydrogens (tertiary/aromatic N) is 2. The number of anilines is 1. The summed E-state index contributed by atoms with van der Waals surface area (Å²) in [5.74, 6) is 2.35. The van der Waals surface area contributed by atoms with Crippen molar-refractivity contribution in [2.24, 2.45) is 0 Å². The van der Waals surface area contributed by atoms with Crippen molar-refractivity contribution in [3.63, 3.8) is 0 Å². The number of fused-ring (bicyclic) bond motifs is 1. The van der Waals surface area contributed by atoms with Crippen molar-refractivity contribution in [3.05, 3.63) is 64.3 Å². The van der Waals surface area contributed by atoms with Crippen LogP contribution in [0.5, 0.6) is 11.5 Å². The van der Waals surface area contributed by atoms with Crippen molar-refractivity contribution >= 4 is 35.1 Å². The predicted octanol–water partition coefficient (Wildman–Crippen LogP) is 4.63. The Labute approximate surface area is 178 Å². The first-order chi connectivity index (χ1) is 14.0. The summed E-state index contributed by atoms with van der Waals surface area (Å²) in [4.78, 5) is 12.5. The average molecular weight is 430 g/mol. The predicted molar refractivity (Wildman–Crippen MR) is 116 cm³/mol. The minimum absolute atomic E-state index is 0.0682. The number of aryl methyl sites for hydroxylation is 1. The van der Waals surface area contributed by atoms with Crippen LogP contribution >= 0.6 is 23.4 Å². The maximum Gasteiger partial charge on any atom is 0.235 e. The Morgan fingerprint density at radius 3 is 2.62 bits per heavy atom. The SMILES string of the molecule is COc1ccc(C2SCC(=O)Nc3c2c(C)nn3-c2ccc(Cl)cc2)c(OC)c1. The van der Waals surface area contributed by atoms with E-state index in [1.54, 1.807) is 42.8 Å². The molecule has 1 amide bonds. The van der Waals surface area contributed by atoms with E-state index < -0.39 is 0 Å². The molecule has 3 aromatic rings. The Balaban J connectivity index is 1.88. The van der Waals surface area contributed by atoms with Crippen LogP contribution in [0.2, 0.25) is 5.02 Å². The Morgan fingerprint density at radius 1 is 1.17 bits per heavy atom. The van der Waals surface area contributed by atoms with Gasteiger partial charge < -0.3 is 14.8 Å². The van der Waals surface area contributed by atoms with Gasteiger partial charge in [-0.3, -0.25) is 4.79 Å². The van der Waals surface area contributed by atoms with Gasteiger partial charge in [-0.15, -0.1) is 11.8 Å². The van der Waals surface area contributed by atoms with Gasteiger partial charge in [-0.25, -0.2) is 4.68 Å². The second kappa shape index (κ2) is 8.00. The number of nitrogens with one attached hydrogen (secondary N) is 1. The van der Waals surface area contributed by atoms with E-state index >= 15 is 0 Å². The van der Waals surface area contributed by atoms with Crippen molar-refractivity contribution < 1.29 is 14.3 Å². The molecule has 1 aromatic heterocycles. The maximum atomic E-state index is 12.5. The Hall–Kier alpha value is -2.64. The first kappa shape index (κ1) is 19.7. The molecular weight excluding hydrogens is 410 g/mol. The average Bonchev–Trinajstić information content (AvgIpc) is 2.93. The fourth-order valence-electron chi connectivity index (χ4n) is 3.43. The van der Waals surface area contributed by atoms with E-state index in [4.69, 9.17) is 26.2 Å². The zero-order valence-electron chi connectivity index (χ0n) is 16.2. The molecule has 1 aliphatic rings. The molecule has 1 N–H and O–H groups in total. The standard InChI is InChI=1S/C21H20ClN3O3S/c1-12-19-20(16-9-8-15(27-2)10-17(16)28-3)29-11-18(26)23-21(19)25(24-12)14-6-4-13(22)5-7-14/h4-10,20H,11H2,1-3H3,(H,23,26). The number of halogens is 1. The summed E-state index contributed by atoms with van der Waals surface area (Å²) in [6, 6.07) is 13.1. The van der Waals surface area contributed by atoms with Gasteiger partial charge in [0.15, 0.2) is 0 Å². The van der Waals surface area contributed by atoms with Crippen LogP contribution < -0.4 is 14.8 Å². The molecule has 0 radical (unpaired) electrons. The molecule has 6 nitrogen and oxygen atoms in total. The van der Waals surface area contributed by atoms with Crippen LogP contribution in [0, 0.1) is 6.92 Å². The van der Waals surface area contributed by atoms with Gasteiger partial charge in [0.05, 0.1) is 36.6 Å². The molecule has 0 fully saturated rings. The number of aromatic nitrogens is 2. The topological polar surface area (TPSA) is 65.4 Å². The summed E-state index contributed by atoms with van der Waals surface area (Å²) in [6.07, 6.45) is 0. The highest BCUT2D eigenvalue weighted by Gasteiger charge is 2.32. The highest BCUT2D eigenvalue weighted by molar-refractivity contribution is 8.00. The van der Waals surface area contributed by atoms with Gasteiger partial charge in [0.25, 0.3) is 0 Å². The van der Waals surface area contributed by atoms with E-state index in [0.717, 1.165) is 22.5 Å². The van der Waals surface area contributed by atoms with E-state index in [9.17, 15) is 4.79 Å². The molecule has 0 spiro atoms. The zero-order valence-corrected chi connectivity index (χ0v) is 17.8. The zero-order chi connectivity index (χ0) is 20.5. The number of amides is 1. The highest BCUT2D eigenvalue weighted by Crippen LogP contribution is 2.47. The number of ether oxygens (including phenoxy) is 2. The number of carbonyl (C=O) groups is 1. The Morgan fingerprint density at radius 2 is 1.93 bits per heavy atom. The van der Waals surface area contributed by atoms with E-state index in [2.05, 4.69) is 5.32 Å². The molecule has 29 heavy (non-hydrogen) atoms. The molecule has 0 aliphatic carbocycles. The summed E-state index contributed by atoms with van der Waals surface area (Å²) in [7, 11) is 3.25. The summed E-state index contributed by atoms with van der Waals surface area (Å²) in [5.41, 5.74) is 3.59. The first-order valence-electron chi connectivity index (χ1n) is 9.00. The molecule has 1 unspecified atom stereocenters. The number of hydrogen-bond acceptors (Lipinski definition) is 5. The summed E-state index contributed by atoms with van der Waals surface area (Å²) >= 11 is 7.58. The minimum atomic E-state index is -0.120. The lowest BCUT2D eigenvalue weighted by Crippen LogP contribution is -2.15. The van der Waals surface area contributed by atoms with Crippen molar-refractivity contribution in [1.82, 2.24) is 9.78 Å². The molecule has 4 rings (SSSR count). The van der Waals surface area contributed by atoms with Crippen molar-refractivity contribution in [2.45, 2.75) is 12.2 Å². The van der Waals surface area contributed by atoms with Crippen molar-refractivity contribution in [3.8, 4) is 17.2 Å². The number of rotatable bonds is 4. The molecule has 0 saturated heterocycles. The van der Waals surface area contributed by atoms with E-state index in [1.165, 1.54) is 0 Å². The van der Waals surface area contributed by atoms with E-state index in [0.29, 0.717) is 28.1 Å². The van der Waals surface area contributed by atoms with Crippen molar-refractivity contribution in [2.75, 3.05) is 25.3 Å². The number of carbonyl (C=O) groups excluding carboxylic acids is 1. The number of benzene rings is 2. The third-order valence-corrected chi connectivity index (χ3v) is 6.31. The largest absolute Gasteiger partial charge is 0.497 e. The van der Waals surface area contributed by atoms with Crippen LogP contribution in [-0.4, -0.2) is 35.7 Å². The van der Waals surface area contributed by atoms with Gasteiger partial charge >= 0.3 is 0 Å². The number of thioether (sulfide) groups is 1. The summed E-state index contributed by atoms with van der Waals surface area (Å²) in [6.45, 7) is 1.95. The molecule has 150 valence electrons. The lowest BCUT2D eigenvalue weighted by Gasteiger charge is -2.19. The molecular formula is C21H20ClN3O3S. The third-order valence-electron chi connectivity index (χ3n) is 4.80. The van der Waals surface area contributed by atoms with Gasteiger partial charge in [0, 0.05) is 22.2 Å². The molecule has 0 saturated carbocycles. The normalized spacial score (nSPS) is 16.0. The van der Waals surface area contributed by atoms with E-state index in [1.807, 2.05) is 37.3 Å². The number of hydrogen-bond donors (Lipinski definition) is 1. The second-order valence-electron chi connectivity index (χ2n) is 6.58. The van der Waals surface area contributed by atoms with Crippen LogP contribution in [0.3, 0.4) is 0 Å². The van der Waals surface area contributed by atoms with E-state index in [-0.39, 0.29) is 11.2 Å². The van der Waals surface area contributed by atoms with Gasteiger partial charge in [0.1, 0.15) is 17.3 Å². The molecule has 1 aliphatic heterocycles. The first-order valence-corrected chi connectivity index (χ1v) is 10.4. The Kier molecular flexibility index (Phi) is 5.43. The third kappa shape index (κ3) is 3.68. The highest BCUT2D eigenvalue weighted by atomic mass is 35.5. The lowest BCUT2D eigenvalue weighted by atomic mass is 10.0. The van der Waals surface area contributed by atoms with Gasteiger partial charge in [0.2, 0.25) is 5.91 Å². The minimum Gasteiger partial charge on any atom is -0.497 e. The second-order valence-corrected chi connectivity index (χ2v) is 8.11. The molecule has 2 heterocycles.